The Morgan fingerprint density at radius 2 is 1.89 bits per heavy atom. The summed E-state index contributed by atoms with van der Waals surface area (Å²) in [5.74, 6) is 1.07. The van der Waals surface area contributed by atoms with E-state index in [2.05, 4.69) is 27.9 Å². The summed E-state index contributed by atoms with van der Waals surface area (Å²) in [6.45, 7) is 3.90. The van der Waals surface area contributed by atoms with Gasteiger partial charge in [0, 0.05) is 24.4 Å². The molecule has 0 unspecified atom stereocenters. The first kappa shape index (κ1) is 18.9. The maximum atomic E-state index is 12.3. The smallest absolute Gasteiger partial charge is 0.251 e. The minimum Gasteiger partial charge on any atom is -0.317 e. The zero-order chi connectivity index (χ0) is 18.9. The SMILES string of the molecule is CS(=O)(=O)n1nc(C2CC[N]CC2)c2ccc(CCC3CCNCC3)cc21. The lowest BCUT2D eigenvalue weighted by atomic mass is 9.90. The van der Waals surface area contributed by atoms with Gasteiger partial charge in [-0.25, -0.2) is 13.7 Å². The molecule has 6 nitrogen and oxygen atoms in total. The van der Waals surface area contributed by atoms with Gasteiger partial charge in [-0.3, -0.25) is 0 Å². The number of aromatic nitrogens is 2. The van der Waals surface area contributed by atoms with E-state index in [4.69, 9.17) is 0 Å². The number of rotatable bonds is 5. The van der Waals surface area contributed by atoms with Crippen molar-refractivity contribution in [3.05, 3.63) is 29.5 Å². The summed E-state index contributed by atoms with van der Waals surface area (Å²) in [6.07, 6.45) is 7.77. The van der Waals surface area contributed by atoms with Gasteiger partial charge >= 0.3 is 0 Å². The molecule has 4 rings (SSSR count). The van der Waals surface area contributed by atoms with Gasteiger partial charge in [-0.1, -0.05) is 12.1 Å². The van der Waals surface area contributed by atoms with Gasteiger partial charge in [-0.05, 0) is 69.2 Å². The second kappa shape index (κ2) is 7.89. The summed E-state index contributed by atoms with van der Waals surface area (Å²) < 4.78 is 25.9. The Labute approximate surface area is 161 Å². The largest absolute Gasteiger partial charge is 0.317 e. The van der Waals surface area contributed by atoms with Crippen LogP contribution in [0, 0.1) is 5.92 Å². The first-order valence-electron chi connectivity index (χ1n) is 10.1. The minimum absolute atomic E-state index is 0.300. The van der Waals surface area contributed by atoms with Crippen LogP contribution < -0.4 is 10.6 Å². The standard InChI is InChI=1S/C20H29N4O2S/c1-27(25,26)24-19-14-16(3-2-15-6-10-21-11-7-15)4-5-18(19)20(23-24)17-8-12-22-13-9-17/h4-5,14-15,17,21H,2-3,6-13H2,1H3. The number of hydrogen-bond acceptors (Lipinski definition) is 4. The Morgan fingerprint density at radius 3 is 2.59 bits per heavy atom. The quantitative estimate of drug-likeness (QED) is 0.851. The van der Waals surface area contributed by atoms with Gasteiger partial charge in [-0.2, -0.15) is 9.19 Å². The van der Waals surface area contributed by atoms with E-state index in [-0.39, 0.29) is 0 Å². The highest BCUT2D eigenvalue weighted by Crippen LogP contribution is 2.32. The first-order chi connectivity index (χ1) is 13.0. The molecule has 1 radical (unpaired) electrons. The molecule has 2 aromatic rings. The number of nitrogens with one attached hydrogen (secondary N) is 1. The molecule has 0 saturated carbocycles. The lowest BCUT2D eigenvalue weighted by molar-refractivity contribution is 0.354. The summed E-state index contributed by atoms with van der Waals surface area (Å²) >= 11 is 0. The fraction of sp³-hybridized carbons (Fsp3) is 0.650. The predicted octanol–water partition coefficient (Wildman–Crippen LogP) is 2.26. The van der Waals surface area contributed by atoms with Gasteiger partial charge in [0.2, 0.25) is 0 Å². The van der Waals surface area contributed by atoms with Crippen LogP contribution in [-0.4, -0.2) is 50.0 Å². The van der Waals surface area contributed by atoms with E-state index >= 15 is 0 Å². The number of benzene rings is 1. The van der Waals surface area contributed by atoms with Crippen LogP contribution in [0.15, 0.2) is 18.2 Å². The first-order valence-corrected chi connectivity index (χ1v) is 11.9. The van der Waals surface area contributed by atoms with Crippen molar-refractivity contribution in [3.63, 3.8) is 0 Å². The molecular formula is C20H29N4O2S. The average Bonchev–Trinajstić information content (AvgIpc) is 3.07. The fourth-order valence-corrected chi connectivity index (χ4v) is 5.18. The fourth-order valence-electron chi connectivity index (χ4n) is 4.43. The second-order valence-electron chi connectivity index (χ2n) is 8.02. The summed E-state index contributed by atoms with van der Waals surface area (Å²) in [4.78, 5) is 0. The molecule has 0 spiro atoms. The van der Waals surface area contributed by atoms with Crippen molar-refractivity contribution in [2.24, 2.45) is 5.92 Å². The molecule has 0 atom stereocenters. The Kier molecular flexibility index (Phi) is 5.53. The summed E-state index contributed by atoms with van der Waals surface area (Å²) in [7, 11) is -3.43. The molecule has 0 amide bonds. The summed E-state index contributed by atoms with van der Waals surface area (Å²) in [5.41, 5.74) is 2.86. The number of fused-ring (bicyclic) bond motifs is 1. The van der Waals surface area contributed by atoms with Gasteiger partial charge < -0.3 is 5.32 Å². The molecule has 27 heavy (non-hydrogen) atoms. The van der Waals surface area contributed by atoms with Crippen LogP contribution in [0.4, 0.5) is 0 Å². The summed E-state index contributed by atoms with van der Waals surface area (Å²) in [6, 6.07) is 6.29. The Morgan fingerprint density at radius 1 is 1.15 bits per heavy atom. The molecule has 2 aliphatic heterocycles. The van der Waals surface area contributed by atoms with Crippen LogP contribution >= 0.6 is 0 Å². The number of nitrogens with zero attached hydrogens (tertiary/aromatic N) is 3. The highest BCUT2D eigenvalue weighted by molar-refractivity contribution is 7.89. The molecule has 147 valence electrons. The Bertz CT molecular complexity index is 894. The molecule has 2 saturated heterocycles. The molecule has 0 bridgehead atoms. The second-order valence-corrected chi connectivity index (χ2v) is 9.83. The van der Waals surface area contributed by atoms with E-state index in [9.17, 15) is 8.42 Å². The van der Waals surface area contributed by atoms with Crippen molar-refractivity contribution in [3.8, 4) is 0 Å². The normalized spacial score (nSPS) is 20.3. The number of piperidine rings is 2. The van der Waals surface area contributed by atoms with Crippen LogP contribution in [0.3, 0.4) is 0 Å². The molecule has 3 heterocycles. The summed E-state index contributed by atoms with van der Waals surface area (Å²) in [5, 5.41) is 13.4. The van der Waals surface area contributed by atoms with E-state index < -0.39 is 10.0 Å². The molecule has 1 N–H and O–H groups in total. The number of hydrogen-bond donors (Lipinski definition) is 1. The van der Waals surface area contributed by atoms with Gasteiger partial charge in [0.05, 0.1) is 17.5 Å². The van der Waals surface area contributed by atoms with Crippen molar-refractivity contribution in [2.75, 3.05) is 32.4 Å². The van der Waals surface area contributed by atoms with Gasteiger partial charge in [0.15, 0.2) is 0 Å². The zero-order valence-corrected chi connectivity index (χ0v) is 16.8. The van der Waals surface area contributed by atoms with Crippen LogP contribution in [0.2, 0.25) is 0 Å². The van der Waals surface area contributed by atoms with Crippen molar-refractivity contribution in [1.82, 2.24) is 19.8 Å². The van der Waals surface area contributed by atoms with Crippen molar-refractivity contribution < 1.29 is 8.42 Å². The number of aryl methyl sites for hydroxylation is 1. The molecule has 0 aliphatic carbocycles. The molecule has 1 aromatic heterocycles. The van der Waals surface area contributed by atoms with E-state index in [1.165, 1.54) is 28.7 Å². The van der Waals surface area contributed by atoms with E-state index in [0.717, 1.165) is 74.4 Å². The van der Waals surface area contributed by atoms with Crippen LogP contribution in [0.1, 0.15) is 49.3 Å². The van der Waals surface area contributed by atoms with E-state index in [1.54, 1.807) is 0 Å². The molecule has 1 aromatic carbocycles. The zero-order valence-electron chi connectivity index (χ0n) is 16.0. The maximum Gasteiger partial charge on any atom is 0.251 e. The van der Waals surface area contributed by atoms with Crippen molar-refractivity contribution in [1.29, 1.82) is 0 Å². The van der Waals surface area contributed by atoms with Crippen LogP contribution in [-0.2, 0) is 16.4 Å². The third-order valence-corrected chi connectivity index (χ3v) is 6.92. The monoisotopic (exact) mass is 389 g/mol. The van der Waals surface area contributed by atoms with Gasteiger partial charge in [0.25, 0.3) is 10.0 Å². The van der Waals surface area contributed by atoms with E-state index in [1.807, 2.05) is 6.07 Å². The van der Waals surface area contributed by atoms with Crippen LogP contribution in [0.25, 0.3) is 10.9 Å². The maximum absolute atomic E-state index is 12.3. The van der Waals surface area contributed by atoms with Crippen molar-refractivity contribution in [2.45, 2.75) is 44.4 Å². The molecule has 2 aliphatic rings. The highest BCUT2D eigenvalue weighted by atomic mass is 32.2. The molecular weight excluding hydrogens is 360 g/mol. The highest BCUT2D eigenvalue weighted by Gasteiger charge is 2.25. The average molecular weight is 390 g/mol. The van der Waals surface area contributed by atoms with Crippen LogP contribution in [0.5, 0.6) is 0 Å². The third kappa shape index (κ3) is 4.20. The Balaban J connectivity index is 1.64. The lowest BCUT2D eigenvalue weighted by Gasteiger charge is -2.22. The lowest BCUT2D eigenvalue weighted by Crippen LogP contribution is -2.27. The van der Waals surface area contributed by atoms with Gasteiger partial charge in [0.1, 0.15) is 0 Å². The predicted molar refractivity (Wildman–Crippen MR) is 108 cm³/mol. The molecule has 2 fully saturated rings. The minimum atomic E-state index is -3.43. The topological polar surface area (TPSA) is 78.1 Å². The molecule has 7 heteroatoms. The Hall–Kier alpha value is -1.44. The van der Waals surface area contributed by atoms with E-state index in [0.29, 0.717) is 5.92 Å². The third-order valence-electron chi connectivity index (χ3n) is 6.01. The van der Waals surface area contributed by atoms with Crippen molar-refractivity contribution >= 4 is 20.9 Å². The van der Waals surface area contributed by atoms with Gasteiger partial charge in [-0.15, -0.1) is 0 Å².